The van der Waals surface area contributed by atoms with Gasteiger partial charge < -0.3 is 0 Å². The van der Waals surface area contributed by atoms with E-state index in [9.17, 15) is 0 Å². The summed E-state index contributed by atoms with van der Waals surface area (Å²) in [5, 5.41) is 0. The summed E-state index contributed by atoms with van der Waals surface area (Å²) in [5.74, 6) is 0. The summed E-state index contributed by atoms with van der Waals surface area (Å²) in [6, 6.07) is 5.91. The van der Waals surface area contributed by atoms with Crippen LogP contribution in [-0.2, 0) is 0 Å². The molecule has 1 aromatic rings. The van der Waals surface area contributed by atoms with Crippen molar-refractivity contribution in [2.45, 2.75) is 6.42 Å². The van der Waals surface area contributed by atoms with Crippen molar-refractivity contribution in [2.24, 2.45) is 0 Å². The summed E-state index contributed by atoms with van der Waals surface area (Å²) >= 11 is 0. The van der Waals surface area contributed by atoms with Crippen LogP contribution in [0.5, 0.6) is 0 Å². The van der Waals surface area contributed by atoms with E-state index in [0.29, 0.717) is 0 Å². The molecular weight excluding hydrogens is 134 g/mol. The van der Waals surface area contributed by atoms with Gasteiger partial charge in [0, 0.05) is 11.8 Å². The van der Waals surface area contributed by atoms with Crippen molar-refractivity contribution in [1.82, 2.24) is 4.98 Å². The van der Waals surface area contributed by atoms with Crippen molar-refractivity contribution in [3.8, 4) is 0 Å². The van der Waals surface area contributed by atoms with Gasteiger partial charge in [-0.15, -0.1) is 0 Å². The second-order valence-electron chi connectivity index (χ2n) is 2.41. The molecule has 0 saturated heterocycles. The second-order valence-corrected chi connectivity index (χ2v) is 2.41. The Balaban J connectivity index is 2.37. The van der Waals surface area contributed by atoms with Gasteiger partial charge in [-0.25, -0.2) is 0 Å². The Kier molecular flexibility index (Phi) is 1.56. The van der Waals surface area contributed by atoms with Gasteiger partial charge in [-0.1, -0.05) is 18.2 Å². The third kappa shape index (κ3) is 1.22. The molecule has 1 aliphatic rings. The molecule has 1 heterocycles. The van der Waals surface area contributed by atoms with E-state index in [4.69, 9.17) is 0 Å². The van der Waals surface area contributed by atoms with Gasteiger partial charge in [0.05, 0.1) is 5.69 Å². The number of aromatic nitrogens is 1. The summed E-state index contributed by atoms with van der Waals surface area (Å²) in [4.78, 5) is 4.21. The number of nitrogens with zero attached hydrogens (tertiary/aromatic N) is 1. The zero-order chi connectivity index (χ0) is 7.52. The number of rotatable bonds is 1. The lowest BCUT2D eigenvalue weighted by molar-refractivity contribution is 1.27. The molecule has 1 heteroatoms. The molecular formula is C10H8N. The summed E-state index contributed by atoms with van der Waals surface area (Å²) < 4.78 is 0. The quantitative estimate of drug-likeness (QED) is 0.586. The van der Waals surface area contributed by atoms with Gasteiger partial charge in [0.2, 0.25) is 0 Å². The van der Waals surface area contributed by atoms with Crippen LogP contribution in [0.15, 0.2) is 36.5 Å². The highest BCUT2D eigenvalue weighted by Crippen LogP contribution is 2.17. The average molecular weight is 142 g/mol. The molecule has 0 saturated carbocycles. The Labute approximate surface area is 66.1 Å². The lowest BCUT2D eigenvalue weighted by atomic mass is 10.2. The van der Waals surface area contributed by atoms with Crippen molar-refractivity contribution in [2.75, 3.05) is 0 Å². The first-order chi connectivity index (χ1) is 5.47. The van der Waals surface area contributed by atoms with Gasteiger partial charge in [0.15, 0.2) is 0 Å². The van der Waals surface area contributed by atoms with E-state index < -0.39 is 0 Å². The minimum absolute atomic E-state index is 0.923. The van der Waals surface area contributed by atoms with Crippen LogP contribution in [0.2, 0.25) is 0 Å². The van der Waals surface area contributed by atoms with Crippen LogP contribution < -0.4 is 0 Å². The van der Waals surface area contributed by atoms with Gasteiger partial charge in [-0.2, -0.15) is 0 Å². The number of hydrogen-bond donors (Lipinski definition) is 0. The summed E-state index contributed by atoms with van der Waals surface area (Å²) in [6.07, 6.45) is 10.1. The van der Waals surface area contributed by atoms with Gasteiger partial charge in [0.1, 0.15) is 0 Å². The molecule has 11 heavy (non-hydrogen) atoms. The summed E-state index contributed by atoms with van der Waals surface area (Å²) in [5.41, 5.74) is 2.13. The zero-order valence-corrected chi connectivity index (χ0v) is 6.12. The predicted octanol–water partition coefficient (Wildman–Crippen LogP) is 2.23. The van der Waals surface area contributed by atoms with Crippen LogP contribution in [-0.4, -0.2) is 4.98 Å². The summed E-state index contributed by atoms with van der Waals surface area (Å²) in [7, 11) is 0. The van der Waals surface area contributed by atoms with Crippen LogP contribution in [0.3, 0.4) is 0 Å². The number of hydrogen-bond acceptors (Lipinski definition) is 1. The van der Waals surface area contributed by atoms with E-state index in [1.807, 2.05) is 18.2 Å². The van der Waals surface area contributed by atoms with Crippen molar-refractivity contribution < 1.29 is 0 Å². The molecule has 0 aromatic carbocycles. The highest BCUT2D eigenvalue weighted by Gasteiger charge is 2.00. The lowest BCUT2D eigenvalue weighted by Crippen LogP contribution is -1.82. The van der Waals surface area contributed by atoms with Gasteiger partial charge in [0.25, 0.3) is 0 Å². The second kappa shape index (κ2) is 2.70. The highest BCUT2D eigenvalue weighted by atomic mass is 14.7. The monoisotopic (exact) mass is 142 g/mol. The average Bonchev–Trinajstić information content (AvgIpc) is 2.58. The third-order valence-corrected chi connectivity index (χ3v) is 1.64. The third-order valence-electron chi connectivity index (χ3n) is 1.64. The highest BCUT2D eigenvalue weighted by molar-refractivity contribution is 5.71. The maximum absolute atomic E-state index is 4.21. The van der Waals surface area contributed by atoms with Crippen molar-refractivity contribution in [3.63, 3.8) is 0 Å². The molecule has 1 aliphatic carbocycles. The van der Waals surface area contributed by atoms with E-state index in [-0.39, 0.29) is 0 Å². The van der Waals surface area contributed by atoms with Gasteiger partial charge >= 0.3 is 0 Å². The van der Waals surface area contributed by atoms with Crippen LogP contribution in [0.4, 0.5) is 0 Å². The first kappa shape index (κ1) is 6.35. The maximum Gasteiger partial charge on any atom is 0.0704 e. The minimum atomic E-state index is 0.923. The largest absolute Gasteiger partial charge is 0.256 e. The molecule has 0 bridgehead atoms. The minimum Gasteiger partial charge on any atom is -0.256 e. The molecule has 0 unspecified atom stereocenters. The van der Waals surface area contributed by atoms with Crippen LogP contribution >= 0.6 is 0 Å². The standard InChI is InChI=1S/C10H8N/c1-2-6-9(5-1)10-7-3-4-8-11-10/h1,3-5,7-8H,2H2. The van der Waals surface area contributed by atoms with Gasteiger partial charge in [-0.05, 0) is 24.6 Å². The Morgan fingerprint density at radius 1 is 1.36 bits per heavy atom. The van der Waals surface area contributed by atoms with E-state index in [1.54, 1.807) is 6.20 Å². The number of pyridine rings is 1. The molecule has 1 aromatic heterocycles. The molecule has 0 N–H and O–H groups in total. The SMILES string of the molecule is [C]1=C(c2ccccn2)C=CC1. The molecule has 2 rings (SSSR count). The van der Waals surface area contributed by atoms with Crippen molar-refractivity contribution in [3.05, 3.63) is 48.3 Å². The van der Waals surface area contributed by atoms with Crippen molar-refractivity contribution >= 4 is 5.57 Å². The Morgan fingerprint density at radius 3 is 3.00 bits per heavy atom. The fourth-order valence-corrected chi connectivity index (χ4v) is 1.10. The topological polar surface area (TPSA) is 12.9 Å². The normalized spacial score (nSPS) is 15.1. The summed E-state index contributed by atoms with van der Waals surface area (Å²) in [6.45, 7) is 0. The Hall–Kier alpha value is -1.37. The molecule has 0 amide bonds. The first-order valence-corrected chi connectivity index (χ1v) is 3.65. The predicted molar refractivity (Wildman–Crippen MR) is 44.6 cm³/mol. The lowest BCUT2D eigenvalue weighted by Gasteiger charge is -1.95. The van der Waals surface area contributed by atoms with Crippen LogP contribution in [0.1, 0.15) is 12.1 Å². The van der Waals surface area contributed by atoms with Crippen molar-refractivity contribution in [1.29, 1.82) is 0 Å². The molecule has 0 spiro atoms. The molecule has 1 nitrogen and oxygen atoms in total. The fraction of sp³-hybridized carbons (Fsp3) is 0.100. The molecule has 1 radical (unpaired) electrons. The van der Waals surface area contributed by atoms with E-state index in [0.717, 1.165) is 17.7 Å². The molecule has 0 fully saturated rings. The van der Waals surface area contributed by atoms with E-state index in [1.165, 1.54) is 0 Å². The van der Waals surface area contributed by atoms with Gasteiger partial charge in [-0.3, -0.25) is 4.98 Å². The Morgan fingerprint density at radius 2 is 2.36 bits per heavy atom. The van der Waals surface area contributed by atoms with Crippen LogP contribution in [0, 0.1) is 6.08 Å². The molecule has 0 aliphatic heterocycles. The fourth-order valence-electron chi connectivity index (χ4n) is 1.10. The van der Waals surface area contributed by atoms with Crippen LogP contribution in [0.25, 0.3) is 5.57 Å². The van der Waals surface area contributed by atoms with E-state index >= 15 is 0 Å². The maximum atomic E-state index is 4.21. The molecule has 53 valence electrons. The molecule has 0 atom stereocenters. The Bertz CT molecular complexity index is 296. The smallest absolute Gasteiger partial charge is 0.0704 e. The van der Waals surface area contributed by atoms with E-state index in [2.05, 4.69) is 23.2 Å². The first-order valence-electron chi connectivity index (χ1n) is 3.65. The number of allylic oxidation sites excluding steroid dienone is 4. The zero-order valence-electron chi connectivity index (χ0n) is 6.12.